The zero-order chi connectivity index (χ0) is 13.8. The van der Waals surface area contributed by atoms with Crippen molar-refractivity contribution in [3.05, 3.63) is 53.1 Å². The van der Waals surface area contributed by atoms with Gasteiger partial charge in [-0.1, -0.05) is 6.07 Å². The van der Waals surface area contributed by atoms with Crippen molar-refractivity contribution in [3.8, 4) is 5.88 Å². The van der Waals surface area contributed by atoms with E-state index in [4.69, 9.17) is 4.74 Å². The van der Waals surface area contributed by atoms with Gasteiger partial charge in [-0.15, -0.1) is 0 Å². The van der Waals surface area contributed by atoms with Crippen LogP contribution in [0.2, 0.25) is 0 Å². The molecule has 1 fully saturated rings. The van der Waals surface area contributed by atoms with Crippen LogP contribution in [0.15, 0.2) is 47.5 Å². The lowest BCUT2D eigenvalue weighted by Gasteiger charge is -2.28. The van der Waals surface area contributed by atoms with Gasteiger partial charge in [-0.3, -0.25) is 4.79 Å². The van der Waals surface area contributed by atoms with Crippen LogP contribution in [0.3, 0.4) is 0 Å². The van der Waals surface area contributed by atoms with Crippen LogP contribution in [-0.4, -0.2) is 20.9 Å². The van der Waals surface area contributed by atoms with Crippen LogP contribution in [0, 0.1) is 0 Å². The Bertz CT molecular complexity index is 604. The molecule has 2 aromatic heterocycles. The lowest BCUT2D eigenvalue weighted by atomic mass is 9.93. The van der Waals surface area contributed by atoms with E-state index in [0.29, 0.717) is 5.88 Å². The minimum Gasteiger partial charge on any atom is -0.474 e. The first-order chi connectivity index (χ1) is 9.83. The predicted octanol–water partition coefficient (Wildman–Crippen LogP) is 2.20. The molecule has 20 heavy (non-hydrogen) atoms. The predicted molar refractivity (Wildman–Crippen MR) is 74.7 cm³/mol. The molecule has 0 N–H and O–H groups in total. The van der Waals surface area contributed by atoms with Gasteiger partial charge in [0.25, 0.3) is 5.56 Å². The minimum atomic E-state index is -0.0263. The summed E-state index contributed by atoms with van der Waals surface area (Å²) in [6, 6.07) is 9.08. The Balaban J connectivity index is 1.60. The van der Waals surface area contributed by atoms with Crippen LogP contribution in [-0.2, 0) is 0 Å². The summed E-state index contributed by atoms with van der Waals surface area (Å²) in [6.45, 7) is 0. The van der Waals surface area contributed by atoms with Gasteiger partial charge in [-0.25, -0.2) is 9.67 Å². The Morgan fingerprint density at radius 2 is 1.90 bits per heavy atom. The molecule has 0 spiro atoms. The molecule has 0 atom stereocenters. The smallest absolute Gasteiger partial charge is 0.266 e. The average Bonchev–Trinajstić information content (AvgIpc) is 2.50. The maximum atomic E-state index is 11.8. The topological polar surface area (TPSA) is 57.0 Å². The first-order valence-electron chi connectivity index (χ1n) is 6.94. The van der Waals surface area contributed by atoms with Crippen molar-refractivity contribution in [1.82, 2.24) is 14.8 Å². The highest BCUT2D eigenvalue weighted by atomic mass is 16.5. The first kappa shape index (κ1) is 12.8. The number of rotatable bonds is 3. The largest absolute Gasteiger partial charge is 0.474 e. The molecular formula is C15H17N3O2. The molecule has 0 unspecified atom stereocenters. The highest BCUT2D eigenvalue weighted by Gasteiger charge is 2.24. The van der Waals surface area contributed by atoms with Crippen LogP contribution in [0.5, 0.6) is 5.88 Å². The van der Waals surface area contributed by atoms with E-state index >= 15 is 0 Å². The zero-order valence-corrected chi connectivity index (χ0v) is 11.2. The normalized spacial score (nSPS) is 22.4. The molecule has 1 aliphatic carbocycles. The number of aromatic nitrogens is 3. The number of ether oxygens (including phenoxy) is 1. The molecule has 1 aliphatic rings. The molecule has 2 aromatic rings. The highest BCUT2D eigenvalue weighted by Crippen LogP contribution is 2.28. The van der Waals surface area contributed by atoms with Crippen LogP contribution in [0.25, 0.3) is 0 Å². The Hall–Kier alpha value is -2.17. The molecule has 0 aromatic carbocycles. The molecule has 0 amide bonds. The summed E-state index contributed by atoms with van der Waals surface area (Å²) >= 11 is 0. The van der Waals surface area contributed by atoms with Gasteiger partial charge in [-0.2, -0.15) is 5.10 Å². The Morgan fingerprint density at radius 1 is 1.05 bits per heavy atom. The van der Waals surface area contributed by atoms with Gasteiger partial charge in [-0.05, 0) is 37.8 Å². The van der Waals surface area contributed by atoms with Crippen LogP contribution in [0.1, 0.15) is 31.7 Å². The fourth-order valence-corrected chi connectivity index (χ4v) is 2.64. The standard InChI is InChI=1S/C15H17N3O2/c19-15-5-3-11-17-18(15)12-6-8-13(9-7-12)20-14-4-1-2-10-16-14/h1-5,10-13H,6-9H2. The van der Waals surface area contributed by atoms with E-state index in [1.807, 2.05) is 18.2 Å². The van der Waals surface area contributed by atoms with Crippen molar-refractivity contribution in [2.75, 3.05) is 0 Å². The van der Waals surface area contributed by atoms with Gasteiger partial charge in [0.1, 0.15) is 6.10 Å². The molecular weight excluding hydrogens is 254 g/mol. The second kappa shape index (κ2) is 5.86. The van der Waals surface area contributed by atoms with Crippen molar-refractivity contribution in [3.63, 3.8) is 0 Å². The number of hydrogen-bond donors (Lipinski definition) is 0. The molecule has 0 radical (unpaired) electrons. The number of hydrogen-bond acceptors (Lipinski definition) is 4. The summed E-state index contributed by atoms with van der Waals surface area (Å²) in [4.78, 5) is 15.9. The van der Waals surface area contributed by atoms with Crippen molar-refractivity contribution in [2.24, 2.45) is 0 Å². The van der Waals surface area contributed by atoms with Crippen molar-refractivity contribution in [1.29, 1.82) is 0 Å². The van der Waals surface area contributed by atoms with E-state index in [1.54, 1.807) is 29.2 Å². The molecule has 5 nitrogen and oxygen atoms in total. The van der Waals surface area contributed by atoms with Crippen molar-refractivity contribution >= 4 is 0 Å². The van der Waals surface area contributed by atoms with Gasteiger partial charge < -0.3 is 4.74 Å². The van der Waals surface area contributed by atoms with Gasteiger partial charge in [0.2, 0.25) is 5.88 Å². The molecule has 2 heterocycles. The Kier molecular flexibility index (Phi) is 3.76. The van der Waals surface area contributed by atoms with Crippen LogP contribution in [0.4, 0.5) is 0 Å². The number of pyridine rings is 1. The van der Waals surface area contributed by atoms with E-state index in [0.717, 1.165) is 25.7 Å². The lowest BCUT2D eigenvalue weighted by molar-refractivity contribution is 0.123. The molecule has 104 valence electrons. The third-order valence-corrected chi connectivity index (χ3v) is 3.66. The number of nitrogens with zero attached hydrogens (tertiary/aromatic N) is 3. The Labute approximate surface area is 117 Å². The van der Waals surface area contributed by atoms with Gasteiger partial charge in [0.15, 0.2) is 0 Å². The summed E-state index contributed by atoms with van der Waals surface area (Å²) in [6.07, 6.45) is 7.24. The fraction of sp³-hybridized carbons (Fsp3) is 0.400. The van der Waals surface area contributed by atoms with Crippen LogP contribution >= 0.6 is 0 Å². The van der Waals surface area contributed by atoms with E-state index in [1.165, 1.54) is 0 Å². The summed E-state index contributed by atoms with van der Waals surface area (Å²) in [5, 5.41) is 4.16. The summed E-state index contributed by atoms with van der Waals surface area (Å²) in [7, 11) is 0. The SMILES string of the molecule is O=c1cccnn1C1CCC(Oc2ccccn2)CC1. The van der Waals surface area contributed by atoms with Gasteiger partial charge in [0.05, 0.1) is 6.04 Å². The van der Waals surface area contributed by atoms with E-state index in [2.05, 4.69) is 10.1 Å². The minimum absolute atomic E-state index is 0.0263. The molecule has 1 saturated carbocycles. The third-order valence-electron chi connectivity index (χ3n) is 3.66. The maximum Gasteiger partial charge on any atom is 0.266 e. The average molecular weight is 271 g/mol. The van der Waals surface area contributed by atoms with Gasteiger partial charge in [0, 0.05) is 24.5 Å². The monoisotopic (exact) mass is 271 g/mol. The van der Waals surface area contributed by atoms with E-state index < -0.39 is 0 Å². The second-order valence-electron chi connectivity index (χ2n) is 5.02. The lowest BCUT2D eigenvalue weighted by Crippen LogP contribution is -2.32. The van der Waals surface area contributed by atoms with Crippen molar-refractivity contribution < 1.29 is 4.74 Å². The van der Waals surface area contributed by atoms with Gasteiger partial charge >= 0.3 is 0 Å². The third kappa shape index (κ3) is 2.87. The fourth-order valence-electron chi connectivity index (χ4n) is 2.64. The zero-order valence-electron chi connectivity index (χ0n) is 11.2. The van der Waals surface area contributed by atoms with E-state index in [-0.39, 0.29) is 17.7 Å². The Morgan fingerprint density at radius 3 is 2.60 bits per heavy atom. The van der Waals surface area contributed by atoms with Crippen molar-refractivity contribution in [2.45, 2.75) is 37.8 Å². The van der Waals surface area contributed by atoms with E-state index in [9.17, 15) is 4.79 Å². The second-order valence-corrected chi connectivity index (χ2v) is 5.02. The van der Waals surface area contributed by atoms with Crippen LogP contribution < -0.4 is 10.3 Å². The molecule has 0 bridgehead atoms. The summed E-state index contributed by atoms with van der Waals surface area (Å²) in [5.74, 6) is 0.672. The molecule has 3 rings (SSSR count). The summed E-state index contributed by atoms with van der Waals surface area (Å²) < 4.78 is 7.45. The molecule has 0 aliphatic heterocycles. The molecule has 0 saturated heterocycles. The maximum absolute atomic E-state index is 11.8. The quantitative estimate of drug-likeness (QED) is 0.858. The summed E-state index contributed by atoms with van der Waals surface area (Å²) in [5.41, 5.74) is -0.0263. The first-order valence-corrected chi connectivity index (χ1v) is 6.94. The molecule has 5 heteroatoms. The highest BCUT2D eigenvalue weighted by molar-refractivity contribution is 5.09.